The highest BCUT2D eigenvalue weighted by atomic mass is 16.5. The fourth-order valence-corrected chi connectivity index (χ4v) is 2.23. The molecule has 0 heterocycles. The minimum absolute atomic E-state index is 0.0409. The summed E-state index contributed by atoms with van der Waals surface area (Å²) in [6.45, 7) is 5.32. The van der Waals surface area contributed by atoms with Crippen LogP contribution in [0.4, 0.5) is 0 Å². The number of carbonyl (C=O) groups is 1. The van der Waals surface area contributed by atoms with Crippen molar-refractivity contribution < 1.29 is 14.6 Å². The Labute approximate surface area is 116 Å². The number of nitrogens with one attached hydrogen (secondary N) is 2. The Morgan fingerprint density at radius 3 is 2.68 bits per heavy atom. The van der Waals surface area contributed by atoms with Gasteiger partial charge in [-0.15, -0.1) is 0 Å². The number of rotatable bonds is 9. The van der Waals surface area contributed by atoms with E-state index in [4.69, 9.17) is 4.74 Å². The summed E-state index contributed by atoms with van der Waals surface area (Å²) in [6, 6.07) is 0.179. The molecule has 0 aromatic heterocycles. The van der Waals surface area contributed by atoms with Crippen molar-refractivity contribution in [2.45, 2.75) is 64.2 Å². The summed E-state index contributed by atoms with van der Waals surface area (Å²) in [6.07, 6.45) is 5.01. The average Bonchev–Trinajstić information content (AvgIpc) is 2.84. The topological polar surface area (TPSA) is 70.6 Å². The Morgan fingerprint density at radius 1 is 1.37 bits per heavy atom. The molecule has 0 saturated heterocycles. The van der Waals surface area contributed by atoms with Gasteiger partial charge in [-0.1, -0.05) is 12.8 Å². The first-order valence-corrected chi connectivity index (χ1v) is 7.37. The van der Waals surface area contributed by atoms with Crippen molar-refractivity contribution in [3.8, 4) is 0 Å². The molecule has 0 aliphatic heterocycles. The molecule has 0 aromatic carbocycles. The minimum Gasteiger partial charge on any atom is -0.389 e. The van der Waals surface area contributed by atoms with E-state index in [1.807, 2.05) is 13.8 Å². The van der Waals surface area contributed by atoms with Crippen LogP contribution in [0.5, 0.6) is 0 Å². The molecule has 1 aliphatic carbocycles. The van der Waals surface area contributed by atoms with Crippen LogP contribution in [0.1, 0.15) is 46.0 Å². The zero-order valence-electron chi connectivity index (χ0n) is 12.2. The van der Waals surface area contributed by atoms with E-state index in [2.05, 4.69) is 10.6 Å². The SMILES string of the molecule is CC(C)NC(=O)CCNCC(O)COC1CCCC1. The molecule has 112 valence electrons. The lowest BCUT2D eigenvalue weighted by Gasteiger charge is -2.16. The highest BCUT2D eigenvalue weighted by Gasteiger charge is 2.16. The molecule has 1 saturated carbocycles. The lowest BCUT2D eigenvalue weighted by molar-refractivity contribution is -0.121. The Morgan fingerprint density at radius 2 is 2.05 bits per heavy atom. The Bertz CT molecular complexity index is 253. The molecule has 1 rings (SSSR count). The van der Waals surface area contributed by atoms with Crippen molar-refractivity contribution in [3.63, 3.8) is 0 Å². The number of amides is 1. The number of ether oxygens (including phenoxy) is 1. The summed E-state index contributed by atoms with van der Waals surface area (Å²) < 4.78 is 5.63. The molecule has 19 heavy (non-hydrogen) atoms. The summed E-state index contributed by atoms with van der Waals surface area (Å²) in [5.74, 6) is 0.0409. The van der Waals surface area contributed by atoms with Crippen LogP contribution < -0.4 is 10.6 Å². The van der Waals surface area contributed by atoms with Crippen LogP contribution in [0.2, 0.25) is 0 Å². The maximum atomic E-state index is 11.4. The highest BCUT2D eigenvalue weighted by molar-refractivity contribution is 5.76. The number of aliphatic hydroxyl groups excluding tert-OH is 1. The van der Waals surface area contributed by atoms with Gasteiger partial charge in [0.1, 0.15) is 0 Å². The van der Waals surface area contributed by atoms with Crippen LogP contribution in [-0.2, 0) is 9.53 Å². The summed E-state index contributed by atoms with van der Waals surface area (Å²) in [4.78, 5) is 11.4. The molecule has 0 bridgehead atoms. The molecular weight excluding hydrogens is 244 g/mol. The second kappa shape index (κ2) is 9.28. The Balaban J connectivity index is 1.94. The Kier molecular flexibility index (Phi) is 8.02. The van der Waals surface area contributed by atoms with E-state index in [0.29, 0.717) is 32.2 Å². The normalized spacial score (nSPS) is 17.9. The molecule has 1 fully saturated rings. The van der Waals surface area contributed by atoms with E-state index in [-0.39, 0.29) is 11.9 Å². The maximum Gasteiger partial charge on any atom is 0.221 e. The van der Waals surface area contributed by atoms with Crippen LogP contribution in [0, 0.1) is 0 Å². The van der Waals surface area contributed by atoms with Crippen LogP contribution >= 0.6 is 0 Å². The lowest BCUT2D eigenvalue weighted by Crippen LogP contribution is -2.36. The van der Waals surface area contributed by atoms with Crippen molar-refractivity contribution in [1.82, 2.24) is 10.6 Å². The first-order chi connectivity index (χ1) is 9.08. The number of hydrogen-bond donors (Lipinski definition) is 3. The molecule has 5 heteroatoms. The van der Waals surface area contributed by atoms with Gasteiger partial charge >= 0.3 is 0 Å². The lowest BCUT2D eigenvalue weighted by atomic mass is 10.3. The average molecular weight is 272 g/mol. The number of hydrogen-bond acceptors (Lipinski definition) is 4. The molecule has 3 N–H and O–H groups in total. The third kappa shape index (κ3) is 8.18. The van der Waals surface area contributed by atoms with Gasteiger partial charge < -0.3 is 20.5 Å². The monoisotopic (exact) mass is 272 g/mol. The standard InChI is InChI=1S/C14H28N2O3/c1-11(2)16-14(18)7-8-15-9-12(17)10-19-13-5-3-4-6-13/h11-13,15,17H,3-10H2,1-2H3,(H,16,18). The number of carbonyl (C=O) groups excluding carboxylic acids is 1. The van der Waals surface area contributed by atoms with E-state index >= 15 is 0 Å². The summed E-state index contributed by atoms with van der Waals surface area (Å²) >= 11 is 0. The molecule has 0 spiro atoms. The highest BCUT2D eigenvalue weighted by Crippen LogP contribution is 2.20. The predicted octanol–water partition coefficient (Wildman–Crippen LogP) is 0.811. The van der Waals surface area contributed by atoms with Gasteiger partial charge in [-0.2, -0.15) is 0 Å². The zero-order chi connectivity index (χ0) is 14.1. The van der Waals surface area contributed by atoms with E-state index in [0.717, 1.165) is 12.8 Å². The van der Waals surface area contributed by atoms with Crippen molar-refractivity contribution in [1.29, 1.82) is 0 Å². The predicted molar refractivity (Wildman–Crippen MR) is 75.0 cm³/mol. The second-order valence-electron chi connectivity index (χ2n) is 5.57. The molecule has 1 aliphatic rings. The van der Waals surface area contributed by atoms with Crippen LogP contribution in [0.15, 0.2) is 0 Å². The van der Waals surface area contributed by atoms with E-state index < -0.39 is 6.10 Å². The van der Waals surface area contributed by atoms with Crippen molar-refractivity contribution in [3.05, 3.63) is 0 Å². The van der Waals surface area contributed by atoms with Gasteiger partial charge in [-0.05, 0) is 26.7 Å². The number of aliphatic hydroxyl groups is 1. The van der Waals surface area contributed by atoms with Gasteiger partial charge in [0.05, 0.1) is 18.8 Å². The second-order valence-corrected chi connectivity index (χ2v) is 5.57. The molecule has 5 nitrogen and oxygen atoms in total. The third-order valence-electron chi connectivity index (χ3n) is 3.18. The smallest absolute Gasteiger partial charge is 0.221 e. The molecule has 0 aromatic rings. The molecule has 0 radical (unpaired) electrons. The van der Waals surface area contributed by atoms with Crippen molar-refractivity contribution >= 4 is 5.91 Å². The van der Waals surface area contributed by atoms with E-state index in [9.17, 15) is 9.90 Å². The van der Waals surface area contributed by atoms with E-state index in [1.165, 1.54) is 12.8 Å². The first kappa shape index (κ1) is 16.4. The third-order valence-corrected chi connectivity index (χ3v) is 3.18. The van der Waals surface area contributed by atoms with Crippen molar-refractivity contribution in [2.24, 2.45) is 0 Å². The van der Waals surface area contributed by atoms with Gasteiger partial charge in [-0.25, -0.2) is 0 Å². The van der Waals surface area contributed by atoms with Gasteiger partial charge in [-0.3, -0.25) is 4.79 Å². The van der Waals surface area contributed by atoms with Gasteiger partial charge in [0.25, 0.3) is 0 Å². The quantitative estimate of drug-likeness (QED) is 0.543. The molecular formula is C14H28N2O3. The fraction of sp³-hybridized carbons (Fsp3) is 0.929. The van der Waals surface area contributed by atoms with Crippen LogP contribution in [-0.4, -0.2) is 49.0 Å². The molecule has 1 unspecified atom stereocenters. The zero-order valence-corrected chi connectivity index (χ0v) is 12.2. The Hall–Kier alpha value is -0.650. The largest absolute Gasteiger partial charge is 0.389 e. The van der Waals surface area contributed by atoms with Gasteiger partial charge in [0.15, 0.2) is 0 Å². The molecule has 1 amide bonds. The summed E-state index contributed by atoms with van der Waals surface area (Å²) in [5, 5.41) is 15.6. The van der Waals surface area contributed by atoms with Gasteiger partial charge in [0, 0.05) is 25.6 Å². The first-order valence-electron chi connectivity index (χ1n) is 7.37. The summed E-state index contributed by atoms with van der Waals surface area (Å²) in [5.41, 5.74) is 0. The van der Waals surface area contributed by atoms with Gasteiger partial charge in [0.2, 0.25) is 5.91 Å². The fourth-order valence-electron chi connectivity index (χ4n) is 2.23. The van der Waals surface area contributed by atoms with Crippen LogP contribution in [0.3, 0.4) is 0 Å². The van der Waals surface area contributed by atoms with Crippen LogP contribution in [0.25, 0.3) is 0 Å². The van der Waals surface area contributed by atoms with E-state index in [1.54, 1.807) is 0 Å². The summed E-state index contributed by atoms with van der Waals surface area (Å²) in [7, 11) is 0. The maximum absolute atomic E-state index is 11.4. The van der Waals surface area contributed by atoms with Crippen molar-refractivity contribution in [2.75, 3.05) is 19.7 Å². The molecule has 1 atom stereocenters. The minimum atomic E-state index is -0.492.